The van der Waals surface area contributed by atoms with Gasteiger partial charge in [0.05, 0.1) is 11.5 Å². The van der Waals surface area contributed by atoms with E-state index in [0.29, 0.717) is 21.7 Å². The number of anilines is 1. The molecule has 238 valence electrons. The lowest BCUT2D eigenvalue weighted by molar-refractivity contribution is -0.149. The number of nitrogens with one attached hydrogen (secondary N) is 2. The number of benzene rings is 3. The van der Waals surface area contributed by atoms with Crippen LogP contribution in [0.4, 0.5) is 9.80 Å². The van der Waals surface area contributed by atoms with E-state index in [1.165, 1.54) is 11.3 Å². The topological polar surface area (TPSA) is 122 Å². The van der Waals surface area contributed by atoms with Crippen LogP contribution in [0.15, 0.2) is 72.8 Å². The molecule has 8 nitrogen and oxygen atoms in total. The number of hydrogen-bond acceptors (Lipinski definition) is 6. The number of ketones is 1. The van der Waals surface area contributed by atoms with Crippen LogP contribution in [0.25, 0.3) is 11.1 Å². The second kappa shape index (κ2) is 13.1. The van der Waals surface area contributed by atoms with Crippen LogP contribution in [0.2, 0.25) is 5.02 Å². The third-order valence-corrected chi connectivity index (χ3v) is 9.76. The van der Waals surface area contributed by atoms with Crippen LogP contribution < -0.4 is 10.6 Å². The number of carboxylic acids is 1. The predicted octanol–water partition coefficient (Wildman–Crippen LogP) is 7.84. The van der Waals surface area contributed by atoms with Gasteiger partial charge in [-0.15, -0.1) is 11.3 Å². The van der Waals surface area contributed by atoms with E-state index in [0.717, 1.165) is 27.1 Å². The van der Waals surface area contributed by atoms with Crippen LogP contribution in [0, 0.1) is 25.2 Å². The Morgan fingerprint density at radius 2 is 1.48 bits per heavy atom. The molecule has 1 aromatic heterocycles. The van der Waals surface area contributed by atoms with E-state index < -0.39 is 35.3 Å². The molecule has 0 bridgehead atoms. The van der Waals surface area contributed by atoms with Crippen LogP contribution in [-0.4, -0.2) is 41.5 Å². The maximum Gasteiger partial charge on any atom is 0.407 e. The molecule has 3 N–H and O–H groups in total. The zero-order valence-electron chi connectivity index (χ0n) is 26.1. The molecular formula is C36H35ClN2O6S. The number of carboxylic acid groups (broad SMARTS) is 1. The summed E-state index contributed by atoms with van der Waals surface area (Å²) in [6, 6.07) is 20.7. The average molecular weight is 659 g/mol. The Morgan fingerprint density at radius 1 is 0.913 bits per heavy atom. The van der Waals surface area contributed by atoms with Gasteiger partial charge >= 0.3 is 12.1 Å². The van der Waals surface area contributed by atoms with Gasteiger partial charge in [0, 0.05) is 21.4 Å². The Labute approximate surface area is 276 Å². The van der Waals surface area contributed by atoms with Crippen LogP contribution in [0.3, 0.4) is 0 Å². The third-order valence-electron chi connectivity index (χ3n) is 8.39. The van der Waals surface area contributed by atoms with Crippen LogP contribution in [0.5, 0.6) is 0 Å². The first-order valence-electron chi connectivity index (χ1n) is 14.8. The fraction of sp³-hybridized carbons (Fsp3) is 0.278. The number of hydrogen-bond donors (Lipinski definition) is 3. The van der Waals surface area contributed by atoms with E-state index in [-0.39, 0.29) is 23.3 Å². The monoisotopic (exact) mass is 658 g/mol. The number of amides is 2. The largest absolute Gasteiger partial charge is 0.481 e. The van der Waals surface area contributed by atoms with Gasteiger partial charge in [0.25, 0.3) is 0 Å². The van der Waals surface area contributed by atoms with Crippen LogP contribution in [-0.2, 0) is 14.3 Å². The highest BCUT2D eigenvalue weighted by Crippen LogP contribution is 2.44. The number of ether oxygens (including phenoxy) is 1. The van der Waals surface area contributed by atoms with E-state index in [2.05, 4.69) is 10.6 Å². The predicted molar refractivity (Wildman–Crippen MR) is 180 cm³/mol. The number of aliphatic carboxylic acids is 1. The van der Waals surface area contributed by atoms with Crippen molar-refractivity contribution in [2.75, 3.05) is 11.9 Å². The summed E-state index contributed by atoms with van der Waals surface area (Å²) in [5.41, 5.74) is 4.59. The van der Waals surface area contributed by atoms with E-state index in [4.69, 9.17) is 16.3 Å². The zero-order chi connectivity index (χ0) is 33.3. The molecule has 0 aliphatic heterocycles. The summed E-state index contributed by atoms with van der Waals surface area (Å²) >= 11 is 7.21. The van der Waals surface area contributed by atoms with Crippen molar-refractivity contribution >= 4 is 51.7 Å². The van der Waals surface area contributed by atoms with Gasteiger partial charge in [-0.05, 0) is 71.3 Å². The van der Waals surface area contributed by atoms with Gasteiger partial charge in [-0.1, -0.05) is 80.9 Å². The molecule has 2 unspecified atom stereocenters. The highest BCUT2D eigenvalue weighted by Gasteiger charge is 2.44. The first-order chi connectivity index (χ1) is 21.8. The summed E-state index contributed by atoms with van der Waals surface area (Å²) in [4.78, 5) is 54.2. The van der Waals surface area contributed by atoms with Gasteiger partial charge in [0.2, 0.25) is 5.91 Å². The number of thiophene rings is 1. The molecule has 0 saturated heterocycles. The number of halogens is 1. The smallest absolute Gasteiger partial charge is 0.407 e. The molecule has 2 atom stereocenters. The van der Waals surface area contributed by atoms with Gasteiger partial charge in [-0.25, -0.2) is 4.79 Å². The zero-order valence-corrected chi connectivity index (χ0v) is 27.7. The molecule has 1 heterocycles. The minimum Gasteiger partial charge on any atom is -0.481 e. The summed E-state index contributed by atoms with van der Waals surface area (Å²) in [5, 5.41) is 16.3. The average Bonchev–Trinajstić information content (AvgIpc) is 3.47. The van der Waals surface area contributed by atoms with Crippen molar-refractivity contribution in [3.8, 4) is 11.1 Å². The lowest BCUT2D eigenvalue weighted by Crippen LogP contribution is -2.54. The van der Waals surface area contributed by atoms with Crippen molar-refractivity contribution in [3.05, 3.63) is 111 Å². The molecule has 5 rings (SSSR count). The Kier molecular flexibility index (Phi) is 9.37. The standard InChI is InChI=1S/C36H35ClN2O6S/c1-19-20(2)46-33(28(19)31(40)21-14-16-22(37)17-15-21)39-32(41)30(29(34(42)43)36(3,4)5)38-35(44)45-18-27-25-12-8-6-10-23(25)24-11-7-9-13-26(24)27/h6-17,27,29-30H,18H2,1-5H3,(H,38,44)(H,39,41)(H,42,43). The maximum absolute atomic E-state index is 13.9. The molecule has 1 aliphatic carbocycles. The van der Waals surface area contributed by atoms with Crippen LogP contribution >= 0.6 is 22.9 Å². The molecule has 4 aromatic rings. The molecule has 0 radical (unpaired) electrons. The van der Waals surface area contributed by atoms with Gasteiger partial charge in [-0.3, -0.25) is 14.4 Å². The Morgan fingerprint density at radius 3 is 2.02 bits per heavy atom. The first-order valence-corrected chi connectivity index (χ1v) is 16.0. The third kappa shape index (κ3) is 6.57. The van der Waals surface area contributed by atoms with Crippen molar-refractivity contribution in [1.82, 2.24) is 5.32 Å². The molecule has 0 saturated carbocycles. The fourth-order valence-corrected chi connectivity index (χ4v) is 7.19. The summed E-state index contributed by atoms with van der Waals surface area (Å²) in [6.45, 7) is 8.65. The number of alkyl carbamates (subject to hydrolysis) is 1. The van der Waals surface area contributed by atoms with E-state index in [1.807, 2.05) is 55.5 Å². The lowest BCUT2D eigenvalue weighted by atomic mass is 9.76. The van der Waals surface area contributed by atoms with Gasteiger partial charge in [0.15, 0.2) is 5.78 Å². The number of carbonyl (C=O) groups is 4. The van der Waals surface area contributed by atoms with Crippen LogP contribution in [0.1, 0.15) is 64.2 Å². The Hall–Kier alpha value is -4.47. The highest BCUT2D eigenvalue weighted by molar-refractivity contribution is 7.16. The minimum atomic E-state index is -1.52. The Balaban J connectivity index is 1.40. The molecule has 2 amide bonds. The van der Waals surface area contributed by atoms with Crippen molar-refractivity contribution in [3.63, 3.8) is 0 Å². The first kappa shape index (κ1) is 32.9. The van der Waals surface area contributed by atoms with Crippen molar-refractivity contribution in [2.45, 2.75) is 46.6 Å². The Bertz CT molecular complexity index is 1780. The molecule has 46 heavy (non-hydrogen) atoms. The molecule has 3 aromatic carbocycles. The molecule has 1 aliphatic rings. The van der Waals surface area contributed by atoms with Gasteiger partial charge < -0.3 is 20.5 Å². The van der Waals surface area contributed by atoms with Crippen molar-refractivity contribution in [2.24, 2.45) is 11.3 Å². The quantitative estimate of drug-likeness (QED) is 0.158. The summed E-state index contributed by atoms with van der Waals surface area (Å²) in [7, 11) is 0. The highest BCUT2D eigenvalue weighted by atomic mass is 35.5. The number of rotatable bonds is 9. The fourth-order valence-electron chi connectivity index (χ4n) is 6.00. The van der Waals surface area contributed by atoms with Gasteiger partial charge in [0.1, 0.15) is 17.6 Å². The molecule has 0 fully saturated rings. The SMILES string of the molecule is Cc1sc(NC(=O)C(NC(=O)OCC2c3ccccc3-c3ccccc32)C(C(=O)O)C(C)(C)C)c(C(=O)c2ccc(Cl)cc2)c1C. The van der Waals surface area contributed by atoms with E-state index in [9.17, 15) is 24.3 Å². The summed E-state index contributed by atoms with van der Waals surface area (Å²) in [6.07, 6.45) is -0.923. The molecular weight excluding hydrogens is 624 g/mol. The maximum atomic E-state index is 13.9. The lowest BCUT2D eigenvalue weighted by Gasteiger charge is -2.33. The van der Waals surface area contributed by atoms with E-state index in [1.54, 1.807) is 52.0 Å². The second-order valence-electron chi connectivity index (χ2n) is 12.4. The number of carbonyl (C=O) groups excluding carboxylic acids is 3. The second-order valence-corrected chi connectivity index (χ2v) is 14.1. The van der Waals surface area contributed by atoms with Gasteiger partial charge in [-0.2, -0.15) is 0 Å². The summed E-state index contributed by atoms with van der Waals surface area (Å²) in [5.74, 6) is -3.90. The van der Waals surface area contributed by atoms with Crippen molar-refractivity contribution < 1.29 is 29.0 Å². The molecule has 0 spiro atoms. The van der Waals surface area contributed by atoms with E-state index >= 15 is 0 Å². The summed E-state index contributed by atoms with van der Waals surface area (Å²) < 4.78 is 5.68. The van der Waals surface area contributed by atoms with Crippen molar-refractivity contribution in [1.29, 1.82) is 0 Å². The number of fused-ring (bicyclic) bond motifs is 3. The number of aryl methyl sites for hydroxylation is 1. The molecule has 10 heteroatoms. The minimum absolute atomic E-state index is 0.00941. The normalized spacial score (nSPS) is 13.7.